The lowest BCUT2D eigenvalue weighted by atomic mass is 9.96. The summed E-state index contributed by atoms with van der Waals surface area (Å²) in [6.45, 7) is 2.06. The molecule has 0 amide bonds. The highest BCUT2D eigenvalue weighted by atomic mass is 35.5. The van der Waals surface area contributed by atoms with Crippen molar-refractivity contribution in [3.05, 3.63) is 68.0 Å². The monoisotopic (exact) mass is 450 g/mol. The zero-order chi connectivity index (χ0) is 22.9. The fourth-order valence-electron chi connectivity index (χ4n) is 2.73. The van der Waals surface area contributed by atoms with Crippen molar-refractivity contribution in [2.75, 3.05) is 20.6 Å². The van der Waals surface area contributed by atoms with E-state index in [4.69, 9.17) is 16.4 Å². The Kier molecular flexibility index (Phi) is 6.70. The average Bonchev–Trinajstić information content (AvgIpc) is 2.63. The Morgan fingerprint density at radius 3 is 2.43 bits per heavy atom. The van der Waals surface area contributed by atoms with Crippen LogP contribution < -0.4 is 10.3 Å². The van der Waals surface area contributed by atoms with Gasteiger partial charge in [0.2, 0.25) is 11.5 Å². The van der Waals surface area contributed by atoms with Crippen molar-refractivity contribution >= 4 is 23.1 Å². The molecule has 0 atom stereocenters. The molecule has 12 heteroatoms. The molecule has 1 N–H and O–H groups in total. The van der Waals surface area contributed by atoms with Crippen molar-refractivity contribution in [2.45, 2.75) is 13.1 Å². The SMILES string of the molecule is CCN[N+](C)(C)Oc1c(Cl)cc(C(F)(F)F)c(C(=O)c2ccccc2[N+](=O)[O-])c1F. The van der Waals surface area contributed by atoms with Gasteiger partial charge in [-0.1, -0.05) is 28.5 Å². The first-order valence-corrected chi connectivity index (χ1v) is 8.84. The van der Waals surface area contributed by atoms with Crippen molar-refractivity contribution < 1.29 is 36.9 Å². The Hall–Kier alpha value is -2.76. The molecule has 0 saturated carbocycles. The topological polar surface area (TPSA) is 81.5 Å². The fraction of sp³-hybridized carbons (Fsp3) is 0.278. The maximum atomic E-state index is 15.2. The molecular formula is C18H17ClF4N3O4+. The van der Waals surface area contributed by atoms with E-state index in [1.807, 2.05) is 0 Å². The second-order valence-electron chi connectivity index (χ2n) is 6.48. The Morgan fingerprint density at radius 2 is 1.90 bits per heavy atom. The van der Waals surface area contributed by atoms with E-state index in [2.05, 4.69) is 5.43 Å². The third kappa shape index (κ3) is 4.86. The zero-order valence-corrected chi connectivity index (χ0v) is 16.8. The quantitative estimate of drug-likeness (QED) is 0.220. The van der Waals surface area contributed by atoms with Crippen molar-refractivity contribution in [1.82, 2.24) is 5.43 Å². The van der Waals surface area contributed by atoms with E-state index in [1.54, 1.807) is 6.92 Å². The number of hydrogen-bond acceptors (Lipinski definition) is 5. The van der Waals surface area contributed by atoms with Gasteiger partial charge in [-0.05, 0) is 19.1 Å². The Morgan fingerprint density at radius 1 is 1.30 bits per heavy atom. The van der Waals surface area contributed by atoms with Crippen LogP contribution in [0.15, 0.2) is 30.3 Å². The highest BCUT2D eigenvalue weighted by Crippen LogP contribution is 2.42. The molecule has 0 aliphatic carbocycles. The summed E-state index contributed by atoms with van der Waals surface area (Å²) in [6, 6.07) is 4.66. The van der Waals surface area contributed by atoms with Crippen LogP contribution in [0.4, 0.5) is 23.2 Å². The fourth-order valence-corrected chi connectivity index (χ4v) is 2.96. The van der Waals surface area contributed by atoms with Gasteiger partial charge in [0.25, 0.3) is 5.69 Å². The van der Waals surface area contributed by atoms with Crippen LogP contribution in [0.1, 0.15) is 28.4 Å². The van der Waals surface area contributed by atoms with Gasteiger partial charge in [-0.3, -0.25) is 19.7 Å². The minimum Gasteiger partial charge on any atom is -0.290 e. The number of rotatable bonds is 7. The number of hydrogen-bond donors (Lipinski definition) is 1. The Bertz CT molecular complexity index is 996. The molecule has 0 bridgehead atoms. The Labute approximate surface area is 173 Å². The highest BCUT2D eigenvalue weighted by Gasteiger charge is 2.41. The van der Waals surface area contributed by atoms with E-state index >= 15 is 4.39 Å². The summed E-state index contributed by atoms with van der Waals surface area (Å²) in [7, 11) is 2.83. The molecule has 0 aliphatic rings. The molecule has 0 radical (unpaired) electrons. The molecule has 2 aromatic rings. The molecule has 30 heavy (non-hydrogen) atoms. The maximum absolute atomic E-state index is 15.2. The number of nitro groups is 1. The number of quaternary nitrogens is 1. The van der Waals surface area contributed by atoms with Crippen LogP contribution in [-0.2, 0) is 6.18 Å². The second-order valence-corrected chi connectivity index (χ2v) is 6.89. The lowest BCUT2D eigenvalue weighted by Crippen LogP contribution is -2.54. The third-order valence-electron chi connectivity index (χ3n) is 3.91. The minimum absolute atomic E-state index is 0.355. The smallest absolute Gasteiger partial charge is 0.290 e. The first kappa shape index (κ1) is 23.5. The number of nitro benzene ring substituents is 1. The highest BCUT2D eigenvalue weighted by molar-refractivity contribution is 6.32. The van der Waals surface area contributed by atoms with E-state index in [0.717, 1.165) is 12.1 Å². The lowest BCUT2D eigenvalue weighted by molar-refractivity contribution is -1.08. The normalized spacial score (nSPS) is 12.0. The molecule has 7 nitrogen and oxygen atoms in total. The molecule has 0 unspecified atom stereocenters. The minimum atomic E-state index is -5.16. The number of carbonyl (C=O) groups is 1. The maximum Gasteiger partial charge on any atom is 0.417 e. The van der Waals surface area contributed by atoms with Crippen molar-refractivity contribution in [3.63, 3.8) is 0 Å². The van der Waals surface area contributed by atoms with E-state index in [9.17, 15) is 28.1 Å². The Balaban J connectivity index is 2.78. The van der Waals surface area contributed by atoms with Gasteiger partial charge in [-0.25, -0.2) is 4.39 Å². The summed E-state index contributed by atoms with van der Waals surface area (Å²) < 4.78 is 55.4. The molecule has 0 aromatic heterocycles. The molecule has 0 spiro atoms. The average molecular weight is 451 g/mol. The first-order chi connectivity index (χ1) is 13.8. The lowest BCUT2D eigenvalue weighted by Gasteiger charge is -2.27. The number of carbonyl (C=O) groups excluding carboxylic acids is 1. The van der Waals surface area contributed by atoms with Crippen LogP contribution in [0.25, 0.3) is 0 Å². The van der Waals surface area contributed by atoms with Gasteiger partial charge >= 0.3 is 6.18 Å². The molecule has 2 aromatic carbocycles. The molecule has 0 fully saturated rings. The number of nitrogens with one attached hydrogen (secondary N) is 1. The number of benzene rings is 2. The van der Waals surface area contributed by atoms with E-state index in [0.29, 0.717) is 12.6 Å². The summed E-state index contributed by atoms with van der Waals surface area (Å²) in [5.74, 6) is -4.01. The van der Waals surface area contributed by atoms with E-state index in [-0.39, 0.29) is 0 Å². The number of nitrogens with zero attached hydrogens (tertiary/aromatic N) is 2. The largest absolute Gasteiger partial charge is 0.417 e. The van der Waals surface area contributed by atoms with Crippen LogP contribution in [0, 0.1) is 15.9 Å². The molecule has 0 aliphatic heterocycles. The van der Waals surface area contributed by atoms with Crippen LogP contribution in [0.3, 0.4) is 0 Å². The molecular weight excluding hydrogens is 434 g/mol. The first-order valence-electron chi connectivity index (χ1n) is 8.46. The van der Waals surface area contributed by atoms with Gasteiger partial charge < -0.3 is 0 Å². The predicted octanol–water partition coefficient (Wildman–Crippen LogP) is 4.53. The van der Waals surface area contributed by atoms with E-state index in [1.165, 1.54) is 26.2 Å². The van der Waals surface area contributed by atoms with Crippen LogP contribution >= 0.6 is 11.6 Å². The van der Waals surface area contributed by atoms with Gasteiger partial charge in [0.05, 0.1) is 21.1 Å². The molecule has 2 rings (SSSR count). The third-order valence-corrected chi connectivity index (χ3v) is 4.19. The number of alkyl halides is 3. The van der Waals surface area contributed by atoms with Gasteiger partial charge in [-0.15, -0.1) is 5.43 Å². The van der Waals surface area contributed by atoms with Crippen LogP contribution in [-0.4, -0.2) is 36.1 Å². The van der Waals surface area contributed by atoms with E-state index < -0.39 is 60.6 Å². The van der Waals surface area contributed by atoms with Crippen LogP contribution in [0.2, 0.25) is 5.02 Å². The summed E-state index contributed by atoms with van der Waals surface area (Å²) in [6.07, 6.45) is -5.16. The summed E-state index contributed by atoms with van der Waals surface area (Å²) in [4.78, 5) is 28.4. The second kappa shape index (κ2) is 8.54. The number of ketones is 1. The molecule has 0 heterocycles. The molecule has 0 saturated heterocycles. The van der Waals surface area contributed by atoms with Gasteiger partial charge in [0.15, 0.2) is 5.82 Å². The summed E-state index contributed by atoms with van der Waals surface area (Å²) in [5, 5.41) is 10.5. The van der Waals surface area contributed by atoms with Crippen LogP contribution in [0.5, 0.6) is 5.75 Å². The van der Waals surface area contributed by atoms with Gasteiger partial charge in [0, 0.05) is 12.6 Å². The summed E-state index contributed by atoms with van der Waals surface area (Å²) >= 11 is 5.83. The number of hydroxylamine groups is 2. The van der Waals surface area contributed by atoms with Crippen molar-refractivity contribution in [1.29, 1.82) is 0 Å². The molecule has 162 valence electrons. The summed E-state index contributed by atoms with van der Waals surface area (Å²) in [5.41, 5.74) is -1.80. The zero-order valence-electron chi connectivity index (χ0n) is 16.0. The number of para-hydroxylation sites is 1. The van der Waals surface area contributed by atoms with Crippen molar-refractivity contribution in [2.24, 2.45) is 0 Å². The standard InChI is InChI=1S/C18H17ClF4N3O4/c1-4-24-26(2,3)30-17-12(19)9-11(18(21,22)23)14(15(17)20)16(27)10-7-5-6-8-13(10)25(28)29/h5-9,24H,4H2,1-3H3/q+1. The van der Waals surface area contributed by atoms with Gasteiger partial charge in [0.1, 0.15) is 19.7 Å². The number of halogens is 5. The van der Waals surface area contributed by atoms with Crippen molar-refractivity contribution in [3.8, 4) is 5.75 Å². The van der Waals surface area contributed by atoms with Gasteiger partial charge in [-0.2, -0.15) is 13.2 Å². The predicted molar refractivity (Wildman–Crippen MR) is 99.4 cm³/mol.